The summed E-state index contributed by atoms with van der Waals surface area (Å²) in [4.78, 5) is 25.7. The molecule has 0 aliphatic heterocycles. The summed E-state index contributed by atoms with van der Waals surface area (Å²) in [5.74, 6) is -1.84. The van der Waals surface area contributed by atoms with Crippen LogP contribution in [0.1, 0.15) is 85.3 Å². The monoisotopic (exact) mass is 812 g/mol. The van der Waals surface area contributed by atoms with E-state index in [1.165, 1.54) is 46.8 Å². The molecule has 3 rings (SSSR count). The van der Waals surface area contributed by atoms with Crippen LogP contribution < -0.4 is 21.8 Å². The van der Waals surface area contributed by atoms with Crippen LogP contribution in [0.3, 0.4) is 0 Å². The van der Waals surface area contributed by atoms with Crippen LogP contribution in [0.5, 0.6) is 5.75 Å². The molecule has 1 atom stereocenters. The van der Waals surface area contributed by atoms with Gasteiger partial charge in [-0.3, -0.25) is 4.79 Å². The van der Waals surface area contributed by atoms with E-state index < -0.39 is 71.9 Å². The van der Waals surface area contributed by atoms with Crippen LogP contribution in [0.25, 0.3) is 22.1 Å². The maximum absolute atomic E-state index is 14.4. The molecule has 314 valence electrons. The maximum Gasteiger partial charge on any atom is 0.496 e. The number of rotatable bonds is 21. The Morgan fingerprint density at radius 2 is 1.36 bits per heavy atom. The van der Waals surface area contributed by atoms with E-state index >= 15 is 0 Å². The second kappa shape index (κ2) is 17.3. The number of hydrogen-bond acceptors (Lipinski definition) is 10. The third-order valence-electron chi connectivity index (χ3n) is 8.85. The Morgan fingerprint density at radius 3 is 1.91 bits per heavy atom. The van der Waals surface area contributed by atoms with Crippen molar-refractivity contribution in [1.29, 1.82) is 0 Å². The topological polar surface area (TPSA) is 145 Å². The highest BCUT2D eigenvalue weighted by molar-refractivity contribution is 5.83. The lowest BCUT2D eigenvalue weighted by molar-refractivity contribution is -0.574. The van der Waals surface area contributed by atoms with E-state index in [4.69, 9.17) is 20.6 Å². The summed E-state index contributed by atoms with van der Waals surface area (Å²) in [7, 11) is 0. The van der Waals surface area contributed by atoms with Crippen LogP contribution in [0.2, 0.25) is 0 Å². The number of halogens is 8. The predicted octanol–water partition coefficient (Wildman–Crippen LogP) is 8.88. The molecule has 0 fully saturated rings. The third kappa shape index (κ3) is 13.1. The zero-order valence-corrected chi connectivity index (χ0v) is 32.1. The zero-order valence-electron chi connectivity index (χ0n) is 32.1. The van der Waals surface area contributed by atoms with E-state index in [0.29, 0.717) is 17.4 Å². The van der Waals surface area contributed by atoms with E-state index in [9.17, 15) is 44.7 Å². The highest BCUT2D eigenvalue weighted by Gasteiger charge is 2.58. The molecular formula is C38H48F8N2O8. The van der Waals surface area contributed by atoms with Crippen LogP contribution >= 0.6 is 0 Å². The molecule has 0 aliphatic carbocycles. The molecule has 0 aliphatic rings. The van der Waals surface area contributed by atoms with Crippen LogP contribution in [0, 0.1) is 5.41 Å². The standard InChI is InChI=1S/C38H48F8N2O8/c1-8-10-11-12-23-13-16-27(24(9-2)17-23)28-18-25-14-15-26(19-29(25)53-30(28)49)51-21-35(39,40)54-37(43,44)56-38(45,46)55-36(41,42)22-52-31(50)34(7,33(5,6)48)20-32(3,4)47/h13-19H,8-12,20-22,47-48H2,1-7H3. The van der Waals surface area contributed by atoms with Crippen molar-refractivity contribution in [2.75, 3.05) is 13.2 Å². The number of benzene rings is 2. The minimum Gasteiger partial charge on any atom is -0.484 e. The smallest absolute Gasteiger partial charge is 0.484 e. The Kier molecular flexibility index (Phi) is 14.4. The molecule has 0 radical (unpaired) electrons. The van der Waals surface area contributed by atoms with E-state index in [1.54, 1.807) is 0 Å². The molecule has 1 unspecified atom stereocenters. The van der Waals surface area contributed by atoms with Crippen molar-refractivity contribution in [2.24, 2.45) is 16.9 Å². The number of nitrogens with two attached hydrogens (primary N) is 2. The van der Waals surface area contributed by atoms with Gasteiger partial charge in [0.15, 0.2) is 13.2 Å². The Morgan fingerprint density at radius 1 is 0.750 bits per heavy atom. The van der Waals surface area contributed by atoms with E-state index in [-0.39, 0.29) is 17.6 Å². The van der Waals surface area contributed by atoms with Crippen LogP contribution in [-0.2, 0) is 36.6 Å². The van der Waals surface area contributed by atoms with Gasteiger partial charge >= 0.3 is 36.4 Å². The quantitative estimate of drug-likeness (QED) is 0.0352. The summed E-state index contributed by atoms with van der Waals surface area (Å²) in [5, 5.41) is 0.356. The molecule has 56 heavy (non-hydrogen) atoms. The highest BCUT2D eigenvalue weighted by Crippen LogP contribution is 2.40. The van der Waals surface area contributed by atoms with Crippen LogP contribution in [0.4, 0.5) is 35.1 Å². The lowest BCUT2D eigenvalue weighted by Gasteiger charge is -2.43. The van der Waals surface area contributed by atoms with Gasteiger partial charge in [0.2, 0.25) is 0 Å². The van der Waals surface area contributed by atoms with Gasteiger partial charge in [-0.05, 0) is 95.2 Å². The largest absolute Gasteiger partial charge is 0.496 e. The van der Waals surface area contributed by atoms with Gasteiger partial charge in [-0.15, -0.1) is 17.6 Å². The van der Waals surface area contributed by atoms with Gasteiger partial charge in [0, 0.05) is 22.5 Å². The Bertz CT molecular complexity index is 1870. The molecule has 0 saturated heterocycles. The van der Waals surface area contributed by atoms with Gasteiger partial charge in [-0.1, -0.05) is 44.9 Å². The number of fused-ring (bicyclic) bond motifs is 1. The van der Waals surface area contributed by atoms with Gasteiger partial charge < -0.3 is 25.4 Å². The first kappa shape index (κ1) is 46.5. The van der Waals surface area contributed by atoms with Crippen molar-refractivity contribution >= 4 is 16.9 Å². The first-order valence-electron chi connectivity index (χ1n) is 17.7. The van der Waals surface area contributed by atoms with Crippen LogP contribution in [-0.4, -0.2) is 55.1 Å². The van der Waals surface area contributed by atoms with Gasteiger partial charge in [0.05, 0.1) is 11.0 Å². The van der Waals surface area contributed by atoms with Gasteiger partial charge in [-0.25, -0.2) is 19.0 Å². The normalized spacial score (nSPS) is 14.5. The fourth-order valence-corrected chi connectivity index (χ4v) is 5.84. The number of carbonyl (C=O) groups excluding carboxylic acids is 1. The minimum absolute atomic E-state index is 0.119. The van der Waals surface area contributed by atoms with Crippen molar-refractivity contribution in [1.82, 2.24) is 0 Å². The van der Waals surface area contributed by atoms with Gasteiger partial charge in [0.1, 0.15) is 11.3 Å². The average molecular weight is 813 g/mol. The first-order chi connectivity index (χ1) is 25.5. The molecule has 2 aromatic carbocycles. The minimum atomic E-state index is -5.98. The molecule has 1 aromatic heterocycles. The van der Waals surface area contributed by atoms with Crippen LogP contribution in [0.15, 0.2) is 51.7 Å². The molecule has 18 heteroatoms. The van der Waals surface area contributed by atoms with Gasteiger partial charge in [0.25, 0.3) is 0 Å². The average Bonchev–Trinajstić information content (AvgIpc) is 3.03. The number of hydrogen-bond donors (Lipinski definition) is 2. The lowest BCUT2D eigenvalue weighted by Crippen LogP contribution is -2.58. The molecule has 4 N–H and O–H groups in total. The number of aryl methyl sites for hydroxylation is 2. The number of unbranched alkanes of at least 4 members (excludes halogenated alkanes) is 2. The Balaban J connectivity index is 1.65. The highest BCUT2D eigenvalue weighted by atomic mass is 19.3. The molecular weight excluding hydrogens is 764 g/mol. The number of ether oxygens (including phenoxy) is 5. The maximum atomic E-state index is 14.4. The summed E-state index contributed by atoms with van der Waals surface area (Å²) < 4.78 is 137. The zero-order chi connectivity index (χ0) is 42.5. The van der Waals surface area contributed by atoms with E-state index in [0.717, 1.165) is 48.9 Å². The summed E-state index contributed by atoms with van der Waals surface area (Å²) in [6.45, 7) is 6.70. The van der Waals surface area contributed by atoms with Crippen molar-refractivity contribution in [2.45, 2.75) is 123 Å². The number of carbonyl (C=O) groups is 1. The summed E-state index contributed by atoms with van der Waals surface area (Å²) >= 11 is 0. The van der Waals surface area contributed by atoms with Gasteiger partial charge in [-0.2, -0.15) is 17.6 Å². The van der Waals surface area contributed by atoms with E-state index in [2.05, 4.69) is 25.9 Å². The van der Waals surface area contributed by atoms with Crippen molar-refractivity contribution < 1.29 is 68.0 Å². The third-order valence-corrected chi connectivity index (χ3v) is 8.85. The molecule has 10 nitrogen and oxygen atoms in total. The SMILES string of the molecule is CCCCCc1ccc(-c2cc3ccc(OCC(F)(F)OC(F)(F)OC(F)(F)OC(F)(F)COC(=O)C(C)(CC(C)(C)N)C(C)(C)N)cc3oc2=O)c(CC)c1. The number of alkyl halides is 8. The molecule has 0 saturated carbocycles. The summed E-state index contributed by atoms with van der Waals surface area (Å²) in [5.41, 5.74) is 9.72. The Labute approximate surface area is 318 Å². The fraction of sp³-hybridized carbons (Fsp3) is 0.579. The van der Waals surface area contributed by atoms with Crippen molar-refractivity contribution in [3.05, 3.63) is 64.0 Å². The first-order valence-corrected chi connectivity index (χ1v) is 17.7. The molecule has 0 bridgehead atoms. The Hall–Kier alpha value is -3.84. The van der Waals surface area contributed by atoms with Crippen molar-refractivity contribution in [3.63, 3.8) is 0 Å². The molecule has 3 aromatic rings. The van der Waals surface area contributed by atoms with Crippen molar-refractivity contribution in [3.8, 4) is 16.9 Å². The summed E-state index contributed by atoms with van der Waals surface area (Å²) in [6.07, 6.45) is -17.7. The number of esters is 1. The fourth-order valence-electron chi connectivity index (χ4n) is 5.84. The molecule has 1 heterocycles. The van der Waals surface area contributed by atoms with E-state index in [1.807, 2.05) is 25.1 Å². The lowest BCUT2D eigenvalue weighted by atomic mass is 9.67. The summed E-state index contributed by atoms with van der Waals surface area (Å²) in [6, 6.07) is 10.8. The second-order valence-corrected chi connectivity index (χ2v) is 15.0. The molecule has 0 amide bonds. The molecule has 0 spiro atoms. The predicted molar refractivity (Wildman–Crippen MR) is 189 cm³/mol. The second-order valence-electron chi connectivity index (χ2n) is 15.0.